The van der Waals surface area contributed by atoms with Gasteiger partial charge in [-0.15, -0.1) is 0 Å². The van der Waals surface area contributed by atoms with Gasteiger partial charge in [-0.25, -0.2) is 0 Å². The van der Waals surface area contributed by atoms with Gasteiger partial charge < -0.3 is 20.8 Å². The van der Waals surface area contributed by atoms with Crippen molar-refractivity contribution < 1.29 is 10.6 Å². The van der Waals surface area contributed by atoms with Crippen LogP contribution in [0.3, 0.4) is 0 Å². The minimum absolute atomic E-state index is 0. The second-order valence-electron chi connectivity index (χ2n) is 0.224. The van der Waals surface area contributed by atoms with E-state index in [-0.39, 0.29) is 29.9 Å². The first-order chi connectivity index (χ1) is 1.73. The van der Waals surface area contributed by atoms with Crippen LogP contribution >= 0.6 is 0 Å². The Morgan fingerprint density at radius 1 is 1.33 bits per heavy atom. The molecular weight excluding hydrogens is 200 g/mol. The van der Waals surface area contributed by atoms with Gasteiger partial charge in [0.05, 0.1) is 5.09 Å². The van der Waals surface area contributed by atoms with E-state index in [0.29, 0.717) is 0 Å². The SMILES string of the molecule is O=[N+]([O-])[O-].[O-2].[Sb+3]. The van der Waals surface area contributed by atoms with Gasteiger partial charge in [0.1, 0.15) is 0 Å². The van der Waals surface area contributed by atoms with Crippen LogP contribution in [-0.4, -0.2) is 29.5 Å². The molecule has 0 aromatic rings. The summed E-state index contributed by atoms with van der Waals surface area (Å²) >= 11 is 0. The van der Waals surface area contributed by atoms with Gasteiger partial charge in [-0.1, -0.05) is 0 Å². The quantitative estimate of drug-likeness (QED) is 0.292. The van der Waals surface area contributed by atoms with E-state index < -0.39 is 5.09 Å². The molecular formula is NO4Sb. The topological polar surface area (TPSA) is 94.7 Å². The second kappa shape index (κ2) is 8.88. The van der Waals surface area contributed by atoms with E-state index in [4.69, 9.17) is 15.3 Å². The number of hydrogen-bond donors (Lipinski definition) is 0. The third-order valence-electron chi connectivity index (χ3n) is 0. The summed E-state index contributed by atoms with van der Waals surface area (Å²) in [5.74, 6) is 0. The first-order valence-corrected chi connectivity index (χ1v) is 0.548. The van der Waals surface area contributed by atoms with Crippen molar-refractivity contribution in [3.63, 3.8) is 0 Å². The van der Waals surface area contributed by atoms with Crippen molar-refractivity contribution in [2.24, 2.45) is 0 Å². The van der Waals surface area contributed by atoms with E-state index in [1.807, 2.05) is 0 Å². The van der Waals surface area contributed by atoms with Gasteiger partial charge in [-0.2, -0.15) is 0 Å². The molecule has 6 heteroatoms. The zero-order chi connectivity index (χ0) is 3.58. The molecule has 5 nitrogen and oxygen atoms in total. The molecule has 34 valence electrons. The van der Waals surface area contributed by atoms with Gasteiger partial charge in [0.15, 0.2) is 0 Å². The number of rotatable bonds is 0. The van der Waals surface area contributed by atoms with E-state index in [1.54, 1.807) is 0 Å². The van der Waals surface area contributed by atoms with Crippen molar-refractivity contribution in [1.82, 2.24) is 0 Å². The summed E-state index contributed by atoms with van der Waals surface area (Å²) in [5.41, 5.74) is 0. The van der Waals surface area contributed by atoms with E-state index in [9.17, 15) is 0 Å². The summed E-state index contributed by atoms with van der Waals surface area (Å²) in [5, 5.41) is 14.8. The van der Waals surface area contributed by atoms with Crippen LogP contribution in [0, 0.1) is 15.3 Å². The van der Waals surface area contributed by atoms with Crippen LogP contribution in [0.25, 0.3) is 0 Å². The molecule has 0 aliphatic carbocycles. The monoisotopic (exact) mass is 199 g/mol. The van der Waals surface area contributed by atoms with Crippen molar-refractivity contribution >= 4 is 24.4 Å². The normalized spacial score (nSPS) is 4.00. The van der Waals surface area contributed by atoms with Crippen LogP contribution in [0.2, 0.25) is 0 Å². The van der Waals surface area contributed by atoms with Crippen LogP contribution < -0.4 is 0 Å². The van der Waals surface area contributed by atoms with Crippen molar-refractivity contribution in [3.05, 3.63) is 15.3 Å². The first kappa shape index (κ1) is 16.7. The number of hydrogen-bond acceptors (Lipinski definition) is 3. The van der Waals surface area contributed by atoms with E-state index >= 15 is 0 Å². The first-order valence-electron chi connectivity index (χ1n) is 0.548. The molecule has 0 saturated heterocycles. The Bertz CT molecular complexity index is 30.5. The predicted molar refractivity (Wildman–Crippen MR) is 16.8 cm³/mol. The Morgan fingerprint density at radius 2 is 1.33 bits per heavy atom. The zero-order valence-electron chi connectivity index (χ0n) is 2.53. The fourth-order valence-electron chi connectivity index (χ4n) is 0. The summed E-state index contributed by atoms with van der Waals surface area (Å²) < 4.78 is 0. The molecule has 0 N–H and O–H groups in total. The fraction of sp³-hybridized carbons (Fsp3) is 0. The largest absolute Gasteiger partial charge is 3.00 e. The Balaban J connectivity index is -0.0000000450. The maximum Gasteiger partial charge on any atom is 3.00 e. The molecule has 0 spiro atoms. The van der Waals surface area contributed by atoms with Gasteiger partial charge in [-0.05, 0) is 0 Å². The fourth-order valence-corrected chi connectivity index (χ4v) is 0. The third-order valence-corrected chi connectivity index (χ3v) is 0. The van der Waals surface area contributed by atoms with E-state index in [0.717, 1.165) is 0 Å². The Hall–Kier alpha value is -0.0218. The zero-order valence-corrected chi connectivity index (χ0v) is 5.08. The van der Waals surface area contributed by atoms with Crippen molar-refractivity contribution in [3.8, 4) is 0 Å². The van der Waals surface area contributed by atoms with Crippen LogP contribution in [0.15, 0.2) is 0 Å². The minimum atomic E-state index is -1.75. The molecule has 0 aromatic heterocycles. The summed E-state index contributed by atoms with van der Waals surface area (Å²) in [6, 6.07) is 0. The maximum absolute atomic E-state index is 8.25. The third kappa shape index (κ3) is 74100. The molecule has 0 heterocycles. The van der Waals surface area contributed by atoms with Gasteiger partial charge in [0.2, 0.25) is 0 Å². The van der Waals surface area contributed by atoms with Crippen molar-refractivity contribution in [2.75, 3.05) is 0 Å². The van der Waals surface area contributed by atoms with Crippen LogP contribution in [0.4, 0.5) is 0 Å². The van der Waals surface area contributed by atoms with Gasteiger partial charge in [-0.3, -0.25) is 0 Å². The van der Waals surface area contributed by atoms with Crippen molar-refractivity contribution in [1.29, 1.82) is 0 Å². The maximum atomic E-state index is 8.25. The van der Waals surface area contributed by atoms with Crippen molar-refractivity contribution in [2.45, 2.75) is 0 Å². The second-order valence-corrected chi connectivity index (χ2v) is 0.224. The average molecular weight is 200 g/mol. The standard InChI is InChI=1S/NO3.O.Sb/c2-1(3)4;;/q-1;-2;+3. The van der Waals surface area contributed by atoms with Gasteiger partial charge in [0.25, 0.3) is 0 Å². The molecule has 0 bridgehead atoms. The average Bonchev–Trinajstić information content (AvgIpc) is 0.811. The summed E-state index contributed by atoms with van der Waals surface area (Å²) in [7, 11) is 0. The van der Waals surface area contributed by atoms with Crippen LogP contribution in [0.1, 0.15) is 0 Å². The van der Waals surface area contributed by atoms with Crippen LogP contribution in [0.5, 0.6) is 0 Å². The summed E-state index contributed by atoms with van der Waals surface area (Å²) in [6.07, 6.45) is 0. The molecule has 0 unspecified atom stereocenters. The molecule has 2 radical (unpaired) electrons. The molecule has 0 rings (SSSR count). The molecule has 6 heavy (non-hydrogen) atoms. The molecule has 0 amide bonds. The molecule has 0 saturated carbocycles. The van der Waals surface area contributed by atoms with Gasteiger partial charge >= 0.3 is 24.4 Å². The molecule has 0 atom stereocenters. The van der Waals surface area contributed by atoms with E-state index in [1.165, 1.54) is 0 Å². The van der Waals surface area contributed by atoms with E-state index in [2.05, 4.69) is 0 Å². The summed E-state index contributed by atoms with van der Waals surface area (Å²) in [4.78, 5) is 8.25. The predicted octanol–water partition coefficient (Wildman–Crippen LogP) is -0.739. The Kier molecular flexibility index (Phi) is 24.7. The molecule has 0 aromatic carbocycles. The summed E-state index contributed by atoms with van der Waals surface area (Å²) in [6.45, 7) is 0. The molecule has 0 fully saturated rings. The minimum Gasteiger partial charge on any atom is -2.00 e. The molecule has 0 aliphatic rings. The number of nitrogens with zero attached hydrogens (tertiary/aromatic N) is 1. The van der Waals surface area contributed by atoms with Gasteiger partial charge in [0, 0.05) is 0 Å². The molecule has 0 aliphatic heterocycles. The Morgan fingerprint density at radius 3 is 1.33 bits per heavy atom. The van der Waals surface area contributed by atoms with Crippen LogP contribution in [-0.2, 0) is 5.48 Å². The smallest absolute Gasteiger partial charge is 2.00 e. The Labute approximate surface area is 50.8 Å².